The SMILES string of the molecule is C[C@H](NC(=O)c1ccc(Oc2ccc(Br)cc2)nc1)[C@H]1CCOC1. The zero-order valence-corrected chi connectivity index (χ0v) is 15.0. The summed E-state index contributed by atoms with van der Waals surface area (Å²) < 4.78 is 12.0. The second-order valence-electron chi connectivity index (χ2n) is 5.83. The Bertz CT molecular complexity index is 682. The molecule has 1 aliphatic rings. The molecule has 126 valence electrons. The summed E-state index contributed by atoms with van der Waals surface area (Å²) >= 11 is 3.38. The Morgan fingerprint density at radius 1 is 1.33 bits per heavy atom. The summed E-state index contributed by atoms with van der Waals surface area (Å²) in [6.45, 7) is 3.49. The largest absolute Gasteiger partial charge is 0.439 e. The third-order valence-electron chi connectivity index (χ3n) is 4.07. The van der Waals surface area contributed by atoms with E-state index in [0.717, 1.165) is 17.5 Å². The van der Waals surface area contributed by atoms with Gasteiger partial charge in [0.05, 0.1) is 12.2 Å². The maximum atomic E-state index is 12.3. The molecule has 24 heavy (non-hydrogen) atoms. The molecule has 6 heteroatoms. The third kappa shape index (κ3) is 4.33. The lowest BCUT2D eigenvalue weighted by Crippen LogP contribution is -2.38. The molecule has 1 aromatic carbocycles. The predicted molar refractivity (Wildman–Crippen MR) is 94.3 cm³/mol. The van der Waals surface area contributed by atoms with E-state index in [-0.39, 0.29) is 11.9 Å². The molecule has 0 saturated carbocycles. The minimum Gasteiger partial charge on any atom is -0.439 e. The zero-order valence-electron chi connectivity index (χ0n) is 13.4. The Balaban J connectivity index is 1.59. The van der Waals surface area contributed by atoms with Crippen LogP contribution in [0.2, 0.25) is 0 Å². The van der Waals surface area contributed by atoms with Gasteiger partial charge in [-0.2, -0.15) is 0 Å². The summed E-state index contributed by atoms with van der Waals surface area (Å²) in [5.74, 6) is 1.39. The number of carbonyl (C=O) groups excluding carboxylic acids is 1. The van der Waals surface area contributed by atoms with Gasteiger partial charge >= 0.3 is 0 Å². The first-order valence-electron chi connectivity index (χ1n) is 7.90. The second-order valence-corrected chi connectivity index (χ2v) is 6.74. The number of nitrogens with one attached hydrogen (secondary N) is 1. The van der Waals surface area contributed by atoms with Gasteiger partial charge in [-0.3, -0.25) is 4.79 Å². The van der Waals surface area contributed by atoms with E-state index in [1.165, 1.54) is 6.20 Å². The monoisotopic (exact) mass is 390 g/mol. The number of benzene rings is 1. The van der Waals surface area contributed by atoms with Gasteiger partial charge in [0.15, 0.2) is 0 Å². The first kappa shape index (κ1) is 16.9. The minimum atomic E-state index is -0.128. The van der Waals surface area contributed by atoms with E-state index in [2.05, 4.69) is 26.2 Å². The number of hydrogen-bond donors (Lipinski definition) is 1. The summed E-state index contributed by atoms with van der Waals surface area (Å²) in [5.41, 5.74) is 0.518. The normalized spacial score (nSPS) is 18.2. The Labute approximate surface area is 149 Å². The lowest BCUT2D eigenvalue weighted by molar-refractivity contribution is 0.0922. The number of ether oxygens (including phenoxy) is 2. The Morgan fingerprint density at radius 3 is 2.75 bits per heavy atom. The molecular weight excluding hydrogens is 372 g/mol. The number of pyridine rings is 1. The summed E-state index contributed by atoms with van der Waals surface area (Å²) in [6.07, 6.45) is 2.51. The molecule has 1 amide bonds. The van der Waals surface area contributed by atoms with Gasteiger partial charge in [-0.25, -0.2) is 4.98 Å². The molecule has 0 aliphatic carbocycles. The molecule has 2 heterocycles. The van der Waals surface area contributed by atoms with Crippen LogP contribution >= 0.6 is 15.9 Å². The van der Waals surface area contributed by atoms with Crippen molar-refractivity contribution < 1.29 is 14.3 Å². The van der Waals surface area contributed by atoms with E-state index >= 15 is 0 Å². The fourth-order valence-corrected chi connectivity index (χ4v) is 2.82. The Kier molecular flexibility index (Phi) is 5.48. The molecular formula is C18H19BrN2O3. The topological polar surface area (TPSA) is 60.5 Å². The molecule has 1 aliphatic heterocycles. The molecule has 3 rings (SSSR count). The quantitative estimate of drug-likeness (QED) is 0.843. The zero-order chi connectivity index (χ0) is 16.9. The van der Waals surface area contributed by atoms with Crippen molar-refractivity contribution in [1.82, 2.24) is 10.3 Å². The van der Waals surface area contributed by atoms with Gasteiger partial charge in [0.1, 0.15) is 5.75 Å². The third-order valence-corrected chi connectivity index (χ3v) is 4.59. The first-order chi connectivity index (χ1) is 11.6. The number of rotatable bonds is 5. The van der Waals surface area contributed by atoms with E-state index in [1.807, 2.05) is 31.2 Å². The van der Waals surface area contributed by atoms with E-state index in [9.17, 15) is 4.79 Å². The van der Waals surface area contributed by atoms with Crippen LogP contribution in [0.5, 0.6) is 11.6 Å². The molecule has 2 atom stereocenters. The number of hydrogen-bond acceptors (Lipinski definition) is 4. The number of carbonyl (C=O) groups is 1. The highest BCUT2D eigenvalue weighted by Crippen LogP contribution is 2.22. The number of amides is 1. The summed E-state index contributed by atoms with van der Waals surface area (Å²) in [6, 6.07) is 11.0. The lowest BCUT2D eigenvalue weighted by Gasteiger charge is -2.19. The molecule has 0 spiro atoms. The molecule has 1 aromatic heterocycles. The van der Waals surface area contributed by atoms with Gasteiger partial charge in [0, 0.05) is 35.3 Å². The van der Waals surface area contributed by atoms with Crippen molar-refractivity contribution in [2.24, 2.45) is 5.92 Å². The molecule has 1 N–H and O–H groups in total. The summed E-state index contributed by atoms with van der Waals surface area (Å²) in [7, 11) is 0. The smallest absolute Gasteiger partial charge is 0.253 e. The average molecular weight is 391 g/mol. The van der Waals surface area contributed by atoms with Gasteiger partial charge in [0.2, 0.25) is 5.88 Å². The fraction of sp³-hybridized carbons (Fsp3) is 0.333. The molecule has 1 fully saturated rings. The molecule has 0 radical (unpaired) electrons. The van der Waals surface area contributed by atoms with Crippen LogP contribution in [0.15, 0.2) is 47.1 Å². The van der Waals surface area contributed by atoms with Crippen LogP contribution in [-0.2, 0) is 4.74 Å². The predicted octanol–water partition coefficient (Wildman–Crippen LogP) is 3.79. The Hall–Kier alpha value is -1.92. The first-order valence-corrected chi connectivity index (χ1v) is 8.69. The van der Waals surface area contributed by atoms with E-state index in [0.29, 0.717) is 29.7 Å². The number of halogens is 1. The van der Waals surface area contributed by atoms with Crippen LogP contribution in [0.1, 0.15) is 23.7 Å². The van der Waals surface area contributed by atoms with Crippen molar-refractivity contribution in [3.8, 4) is 11.6 Å². The van der Waals surface area contributed by atoms with Gasteiger partial charge < -0.3 is 14.8 Å². The van der Waals surface area contributed by atoms with E-state index < -0.39 is 0 Å². The van der Waals surface area contributed by atoms with Crippen molar-refractivity contribution in [2.75, 3.05) is 13.2 Å². The van der Waals surface area contributed by atoms with Crippen molar-refractivity contribution in [3.05, 3.63) is 52.6 Å². The van der Waals surface area contributed by atoms with Gasteiger partial charge in [-0.05, 0) is 43.7 Å². The van der Waals surface area contributed by atoms with Crippen molar-refractivity contribution >= 4 is 21.8 Å². The van der Waals surface area contributed by atoms with Gasteiger partial charge in [-0.1, -0.05) is 15.9 Å². The summed E-state index contributed by atoms with van der Waals surface area (Å²) in [5, 5.41) is 3.01. The van der Waals surface area contributed by atoms with Gasteiger partial charge in [0.25, 0.3) is 5.91 Å². The maximum Gasteiger partial charge on any atom is 0.253 e. The standard InChI is InChI=1S/C18H19BrN2O3/c1-12(14-8-9-23-11-14)21-18(22)13-2-7-17(20-10-13)24-16-5-3-15(19)4-6-16/h2-7,10,12,14H,8-9,11H2,1H3,(H,21,22)/t12-,14-/m0/s1. The highest BCUT2D eigenvalue weighted by atomic mass is 79.9. The minimum absolute atomic E-state index is 0.0821. The number of nitrogens with zero attached hydrogens (tertiary/aromatic N) is 1. The Morgan fingerprint density at radius 2 is 2.12 bits per heavy atom. The van der Waals surface area contributed by atoms with Crippen molar-refractivity contribution in [3.63, 3.8) is 0 Å². The number of aromatic nitrogens is 1. The molecule has 0 bridgehead atoms. The van der Waals surface area contributed by atoms with Crippen LogP contribution < -0.4 is 10.1 Å². The van der Waals surface area contributed by atoms with Crippen LogP contribution in [0, 0.1) is 5.92 Å². The van der Waals surface area contributed by atoms with E-state index in [4.69, 9.17) is 9.47 Å². The molecule has 1 saturated heterocycles. The van der Waals surface area contributed by atoms with Gasteiger partial charge in [-0.15, -0.1) is 0 Å². The van der Waals surface area contributed by atoms with Crippen LogP contribution in [0.25, 0.3) is 0 Å². The molecule has 5 nitrogen and oxygen atoms in total. The van der Waals surface area contributed by atoms with Crippen molar-refractivity contribution in [2.45, 2.75) is 19.4 Å². The highest BCUT2D eigenvalue weighted by molar-refractivity contribution is 9.10. The lowest BCUT2D eigenvalue weighted by atomic mass is 10.0. The van der Waals surface area contributed by atoms with Crippen LogP contribution in [0.3, 0.4) is 0 Å². The van der Waals surface area contributed by atoms with Crippen molar-refractivity contribution in [1.29, 1.82) is 0 Å². The highest BCUT2D eigenvalue weighted by Gasteiger charge is 2.23. The fourth-order valence-electron chi connectivity index (χ4n) is 2.55. The summed E-state index contributed by atoms with van der Waals surface area (Å²) in [4.78, 5) is 16.5. The molecule has 2 aromatic rings. The second kappa shape index (κ2) is 7.77. The van der Waals surface area contributed by atoms with Crippen LogP contribution in [-0.4, -0.2) is 30.1 Å². The molecule has 0 unspecified atom stereocenters. The maximum absolute atomic E-state index is 12.3. The average Bonchev–Trinajstić information content (AvgIpc) is 3.12. The van der Waals surface area contributed by atoms with Crippen LogP contribution in [0.4, 0.5) is 0 Å². The van der Waals surface area contributed by atoms with E-state index in [1.54, 1.807) is 12.1 Å².